The summed E-state index contributed by atoms with van der Waals surface area (Å²) in [6.45, 7) is 7.34. The first-order valence-electron chi connectivity index (χ1n) is 7.10. The van der Waals surface area contributed by atoms with Crippen molar-refractivity contribution < 1.29 is 4.74 Å². The lowest BCUT2D eigenvalue weighted by molar-refractivity contribution is 0.230. The molecule has 19 heavy (non-hydrogen) atoms. The van der Waals surface area contributed by atoms with Gasteiger partial charge in [-0.05, 0) is 37.0 Å². The molecule has 0 aliphatic heterocycles. The molecule has 0 amide bonds. The van der Waals surface area contributed by atoms with Crippen molar-refractivity contribution >= 4 is 27.5 Å². The summed E-state index contributed by atoms with van der Waals surface area (Å²) < 4.78 is 7.12. The van der Waals surface area contributed by atoms with Gasteiger partial charge in [-0.15, -0.1) is 11.6 Å². The Bertz CT molecular complexity index is 393. The summed E-state index contributed by atoms with van der Waals surface area (Å²) in [6, 6.07) is 4.13. The Morgan fingerprint density at radius 1 is 1.32 bits per heavy atom. The Morgan fingerprint density at radius 3 is 2.63 bits per heavy atom. The van der Waals surface area contributed by atoms with Crippen LogP contribution in [0.5, 0.6) is 5.75 Å². The molecule has 0 saturated carbocycles. The highest BCUT2D eigenvalue weighted by Crippen LogP contribution is 2.30. The smallest absolute Gasteiger partial charge is 0.126 e. The fraction of sp³-hybridized carbons (Fsp3) is 0.625. The van der Waals surface area contributed by atoms with E-state index >= 15 is 0 Å². The number of hydrogen-bond acceptors (Lipinski definition) is 1. The maximum Gasteiger partial charge on any atom is 0.126 e. The van der Waals surface area contributed by atoms with Gasteiger partial charge in [0.2, 0.25) is 0 Å². The summed E-state index contributed by atoms with van der Waals surface area (Å²) >= 11 is 9.51. The normalized spacial score (nSPS) is 12.5. The van der Waals surface area contributed by atoms with Crippen molar-refractivity contribution in [3.8, 4) is 5.75 Å². The summed E-state index contributed by atoms with van der Waals surface area (Å²) in [5.41, 5.74) is 2.22. The molecule has 1 aromatic rings. The van der Waals surface area contributed by atoms with Gasteiger partial charge in [-0.1, -0.05) is 49.0 Å². The van der Waals surface area contributed by atoms with Crippen LogP contribution in [-0.2, 0) is 5.88 Å². The molecule has 1 nitrogen and oxygen atoms in total. The summed E-state index contributed by atoms with van der Waals surface area (Å²) in [7, 11) is 0. The summed E-state index contributed by atoms with van der Waals surface area (Å²) in [5, 5.41) is 0. The zero-order valence-electron chi connectivity index (χ0n) is 12.1. The van der Waals surface area contributed by atoms with E-state index in [1.807, 2.05) is 6.07 Å². The van der Waals surface area contributed by atoms with Gasteiger partial charge in [0.05, 0.1) is 12.5 Å². The largest absolute Gasteiger partial charge is 0.493 e. The summed E-state index contributed by atoms with van der Waals surface area (Å²) in [6.07, 6.45) is 4.95. The van der Waals surface area contributed by atoms with E-state index in [2.05, 4.69) is 42.8 Å². The van der Waals surface area contributed by atoms with Crippen molar-refractivity contribution in [3.05, 3.63) is 27.7 Å². The van der Waals surface area contributed by atoms with E-state index in [1.54, 1.807) is 0 Å². The van der Waals surface area contributed by atoms with Crippen LogP contribution in [0.15, 0.2) is 16.6 Å². The van der Waals surface area contributed by atoms with Crippen molar-refractivity contribution in [3.63, 3.8) is 0 Å². The Balaban J connectivity index is 2.70. The average molecular weight is 348 g/mol. The van der Waals surface area contributed by atoms with Gasteiger partial charge in [-0.2, -0.15) is 0 Å². The Labute approximate surface area is 130 Å². The summed E-state index contributed by atoms with van der Waals surface area (Å²) in [5.74, 6) is 2.10. The van der Waals surface area contributed by atoms with Gasteiger partial charge in [0, 0.05) is 10.0 Å². The molecule has 0 spiro atoms. The minimum atomic E-state index is 0.487. The molecule has 0 bridgehead atoms. The molecule has 0 fully saturated rings. The number of alkyl halides is 1. The van der Waals surface area contributed by atoms with Crippen LogP contribution in [0.25, 0.3) is 0 Å². The predicted molar refractivity (Wildman–Crippen MR) is 87.2 cm³/mol. The zero-order chi connectivity index (χ0) is 14.3. The molecule has 0 N–H and O–H groups in total. The van der Waals surface area contributed by atoms with E-state index in [0.29, 0.717) is 11.8 Å². The topological polar surface area (TPSA) is 9.23 Å². The molecular weight excluding hydrogens is 324 g/mol. The van der Waals surface area contributed by atoms with Crippen molar-refractivity contribution in [2.45, 2.75) is 52.3 Å². The summed E-state index contributed by atoms with van der Waals surface area (Å²) in [4.78, 5) is 0. The number of ether oxygens (including phenoxy) is 1. The van der Waals surface area contributed by atoms with Gasteiger partial charge in [0.15, 0.2) is 0 Å². The Morgan fingerprint density at radius 2 is 2.05 bits per heavy atom. The highest BCUT2D eigenvalue weighted by molar-refractivity contribution is 9.10. The molecule has 3 heteroatoms. The number of benzene rings is 1. The molecule has 1 unspecified atom stereocenters. The third-order valence-corrected chi connectivity index (χ3v) is 4.21. The number of hydrogen-bond donors (Lipinski definition) is 0. The van der Waals surface area contributed by atoms with Crippen molar-refractivity contribution in [1.82, 2.24) is 0 Å². The maximum absolute atomic E-state index is 6.06. The first kappa shape index (κ1) is 16.8. The molecule has 0 aromatic heterocycles. The van der Waals surface area contributed by atoms with Crippen LogP contribution in [0.4, 0.5) is 0 Å². The Kier molecular flexibility index (Phi) is 7.86. The van der Waals surface area contributed by atoms with E-state index in [9.17, 15) is 0 Å². The van der Waals surface area contributed by atoms with E-state index in [1.165, 1.54) is 25.7 Å². The third-order valence-electron chi connectivity index (χ3n) is 3.47. The lowest BCUT2D eigenvalue weighted by Crippen LogP contribution is -2.12. The van der Waals surface area contributed by atoms with Crippen LogP contribution in [0.1, 0.15) is 50.7 Å². The molecule has 0 saturated heterocycles. The predicted octanol–water partition coefficient (Wildman–Crippen LogP) is 6.09. The zero-order valence-corrected chi connectivity index (χ0v) is 14.5. The molecular formula is C16H24BrClO. The number of halogens is 2. The van der Waals surface area contributed by atoms with Gasteiger partial charge in [0.1, 0.15) is 5.75 Å². The molecule has 0 radical (unpaired) electrons. The quantitative estimate of drug-likeness (QED) is 0.517. The third kappa shape index (κ3) is 5.35. The lowest BCUT2D eigenvalue weighted by atomic mass is 10.0. The number of aryl methyl sites for hydroxylation is 1. The van der Waals surface area contributed by atoms with Crippen molar-refractivity contribution in [2.24, 2.45) is 5.92 Å². The Hall–Kier alpha value is -0.210. The van der Waals surface area contributed by atoms with Gasteiger partial charge < -0.3 is 4.74 Å². The van der Waals surface area contributed by atoms with E-state index in [0.717, 1.165) is 28.0 Å². The van der Waals surface area contributed by atoms with Crippen LogP contribution in [0.2, 0.25) is 0 Å². The maximum atomic E-state index is 6.06. The van der Waals surface area contributed by atoms with Gasteiger partial charge >= 0.3 is 0 Å². The first-order valence-corrected chi connectivity index (χ1v) is 8.42. The van der Waals surface area contributed by atoms with Gasteiger partial charge in [0.25, 0.3) is 0 Å². The number of rotatable bonds is 8. The fourth-order valence-electron chi connectivity index (χ4n) is 2.20. The molecule has 0 aliphatic rings. The molecule has 1 atom stereocenters. The highest BCUT2D eigenvalue weighted by atomic mass is 79.9. The van der Waals surface area contributed by atoms with Crippen LogP contribution in [0, 0.1) is 12.8 Å². The van der Waals surface area contributed by atoms with E-state index in [4.69, 9.17) is 16.3 Å². The molecule has 1 aromatic carbocycles. The molecule has 1 rings (SSSR count). The fourth-order valence-corrected chi connectivity index (χ4v) is 3.02. The number of unbranched alkanes of at least 4 members (excludes halogenated alkanes) is 1. The molecule has 0 aliphatic carbocycles. The highest BCUT2D eigenvalue weighted by Gasteiger charge is 2.12. The van der Waals surface area contributed by atoms with Crippen molar-refractivity contribution in [1.29, 1.82) is 0 Å². The molecule has 108 valence electrons. The second-order valence-electron chi connectivity index (χ2n) is 5.07. The minimum absolute atomic E-state index is 0.487. The first-order chi connectivity index (χ1) is 9.12. The van der Waals surface area contributed by atoms with E-state index < -0.39 is 0 Å². The second-order valence-corrected chi connectivity index (χ2v) is 6.26. The van der Waals surface area contributed by atoms with Crippen molar-refractivity contribution in [2.75, 3.05) is 6.61 Å². The standard InChI is InChI=1S/C16H24BrClO/c1-4-6-7-13(5-2)11-19-16-12(3)8-15(17)9-14(16)10-18/h8-9,13H,4-7,10-11H2,1-3H3. The molecule has 0 heterocycles. The van der Waals surface area contributed by atoms with Crippen LogP contribution in [-0.4, -0.2) is 6.61 Å². The van der Waals surface area contributed by atoms with Crippen LogP contribution < -0.4 is 4.74 Å². The average Bonchev–Trinajstić information content (AvgIpc) is 2.40. The minimum Gasteiger partial charge on any atom is -0.493 e. The van der Waals surface area contributed by atoms with Crippen LogP contribution in [0.3, 0.4) is 0 Å². The second kappa shape index (κ2) is 8.86. The van der Waals surface area contributed by atoms with Gasteiger partial charge in [-0.3, -0.25) is 0 Å². The monoisotopic (exact) mass is 346 g/mol. The van der Waals surface area contributed by atoms with Crippen LogP contribution >= 0.6 is 27.5 Å². The lowest BCUT2D eigenvalue weighted by Gasteiger charge is -2.19. The SMILES string of the molecule is CCCCC(CC)COc1c(C)cc(Br)cc1CCl. The van der Waals surface area contributed by atoms with Gasteiger partial charge in [-0.25, -0.2) is 0 Å². The van der Waals surface area contributed by atoms with E-state index in [-0.39, 0.29) is 0 Å².